The zero-order valence-electron chi connectivity index (χ0n) is 13.1. The minimum Gasteiger partial charge on any atom is -0.382 e. The first-order chi connectivity index (χ1) is 11.5. The first-order valence-corrected chi connectivity index (χ1v) is 10.4. The molecule has 0 amide bonds. The van der Waals surface area contributed by atoms with Gasteiger partial charge in [0, 0.05) is 0 Å². The van der Waals surface area contributed by atoms with Gasteiger partial charge in [-0.05, 0) is 17.7 Å². The van der Waals surface area contributed by atoms with Gasteiger partial charge in [-0.1, -0.05) is 41.9 Å². The Labute approximate surface area is 151 Å². The molecule has 8 heteroatoms. The quantitative estimate of drug-likeness (QED) is 0.805. The zero-order valence-corrected chi connectivity index (χ0v) is 15.4. The summed E-state index contributed by atoms with van der Waals surface area (Å²) < 4.78 is 27.4. The van der Waals surface area contributed by atoms with Crippen LogP contribution in [0.1, 0.15) is 11.7 Å². The van der Waals surface area contributed by atoms with E-state index < -0.39 is 16.1 Å². The first kappa shape index (κ1) is 17.8. The molecule has 5 nitrogen and oxygen atoms in total. The minimum absolute atomic E-state index is 0.292. The van der Waals surface area contributed by atoms with Gasteiger partial charge in [-0.15, -0.1) is 11.3 Å². The number of thiophene rings is 1. The van der Waals surface area contributed by atoms with Crippen molar-refractivity contribution in [2.45, 2.75) is 10.3 Å². The predicted molar refractivity (Wildman–Crippen MR) is 95.1 cm³/mol. The van der Waals surface area contributed by atoms with Crippen LogP contribution in [0.15, 0.2) is 46.7 Å². The number of aliphatic hydroxyl groups is 1. The normalized spacial score (nSPS) is 18.6. The third-order valence-corrected chi connectivity index (χ3v) is 7.84. The highest BCUT2D eigenvalue weighted by atomic mass is 35.5. The molecule has 3 rings (SSSR count). The van der Waals surface area contributed by atoms with E-state index >= 15 is 0 Å². The Bertz CT molecular complexity index is 772. The van der Waals surface area contributed by atoms with E-state index in [9.17, 15) is 13.5 Å². The molecule has 1 aromatic heterocycles. The van der Waals surface area contributed by atoms with Crippen LogP contribution >= 0.6 is 22.9 Å². The lowest BCUT2D eigenvalue weighted by Crippen LogP contribution is -3.15. The number of aliphatic hydroxyl groups excluding tert-OH is 1. The van der Waals surface area contributed by atoms with Crippen molar-refractivity contribution in [2.24, 2.45) is 0 Å². The van der Waals surface area contributed by atoms with E-state index in [4.69, 9.17) is 11.6 Å². The van der Waals surface area contributed by atoms with E-state index in [2.05, 4.69) is 0 Å². The van der Waals surface area contributed by atoms with Crippen molar-refractivity contribution in [3.8, 4) is 0 Å². The molecule has 1 saturated heterocycles. The molecule has 2 aromatic rings. The third kappa shape index (κ3) is 3.99. The molecule has 130 valence electrons. The minimum atomic E-state index is -3.45. The lowest BCUT2D eigenvalue weighted by atomic mass is 10.1. The number of hydrogen-bond donors (Lipinski definition) is 2. The number of nitrogens with zero attached hydrogens (tertiary/aromatic N) is 1. The molecule has 0 radical (unpaired) electrons. The molecule has 0 aliphatic carbocycles. The third-order valence-electron chi connectivity index (χ3n) is 4.24. The van der Waals surface area contributed by atoms with Crippen molar-refractivity contribution in [1.29, 1.82) is 0 Å². The Hall–Kier alpha value is -0.960. The van der Waals surface area contributed by atoms with E-state index in [1.165, 1.54) is 9.21 Å². The van der Waals surface area contributed by atoms with Crippen LogP contribution < -0.4 is 4.90 Å². The van der Waals surface area contributed by atoms with Gasteiger partial charge in [-0.3, -0.25) is 0 Å². The van der Waals surface area contributed by atoms with Gasteiger partial charge in [0.05, 0.1) is 30.5 Å². The van der Waals surface area contributed by atoms with Crippen molar-refractivity contribution in [2.75, 3.05) is 32.7 Å². The molecule has 2 N–H and O–H groups in total. The summed E-state index contributed by atoms with van der Waals surface area (Å²) in [6.07, 6.45) is -0.527. The van der Waals surface area contributed by atoms with Gasteiger partial charge in [0.2, 0.25) is 0 Å². The smallest absolute Gasteiger partial charge is 0.253 e. The second-order valence-electron chi connectivity index (χ2n) is 5.84. The van der Waals surface area contributed by atoms with Crippen LogP contribution in [0.4, 0.5) is 0 Å². The first-order valence-electron chi connectivity index (χ1n) is 7.79. The fraction of sp³-hybridized carbons (Fsp3) is 0.375. The van der Waals surface area contributed by atoms with Crippen LogP contribution in [0, 0.1) is 0 Å². The van der Waals surface area contributed by atoms with Crippen molar-refractivity contribution < 1.29 is 18.4 Å². The molecule has 1 aromatic carbocycles. The van der Waals surface area contributed by atoms with E-state index in [1.54, 1.807) is 12.1 Å². The molecule has 0 bridgehead atoms. The molecule has 0 spiro atoms. The van der Waals surface area contributed by atoms with Crippen LogP contribution in [0.25, 0.3) is 0 Å². The fourth-order valence-corrected chi connectivity index (χ4v) is 5.96. The average Bonchev–Trinajstić information content (AvgIpc) is 3.03. The maximum atomic E-state index is 12.6. The van der Waals surface area contributed by atoms with Gasteiger partial charge in [0.15, 0.2) is 0 Å². The van der Waals surface area contributed by atoms with Gasteiger partial charge < -0.3 is 10.0 Å². The van der Waals surface area contributed by atoms with Gasteiger partial charge in [0.1, 0.15) is 16.9 Å². The Morgan fingerprint density at radius 2 is 1.83 bits per heavy atom. The summed E-state index contributed by atoms with van der Waals surface area (Å²) in [4.78, 5) is 1.21. The summed E-state index contributed by atoms with van der Waals surface area (Å²) in [6.45, 7) is 2.86. The summed E-state index contributed by atoms with van der Waals surface area (Å²) in [5.41, 5.74) is 0.897. The van der Waals surface area contributed by atoms with E-state index in [-0.39, 0.29) is 0 Å². The molecule has 1 aliphatic heterocycles. The lowest BCUT2D eigenvalue weighted by molar-refractivity contribution is -0.907. The Kier molecular flexibility index (Phi) is 5.59. The maximum Gasteiger partial charge on any atom is 0.253 e. The topological polar surface area (TPSA) is 62.0 Å². The average molecular weight is 388 g/mol. The second-order valence-corrected chi connectivity index (χ2v) is 9.72. The number of quaternary nitrogens is 1. The van der Waals surface area contributed by atoms with Crippen molar-refractivity contribution in [3.63, 3.8) is 0 Å². The number of piperazine rings is 1. The highest BCUT2D eigenvalue weighted by Gasteiger charge is 2.32. The molecule has 1 fully saturated rings. The number of sulfonamides is 1. The summed E-state index contributed by atoms with van der Waals surface area (Å²) in [6, 6.07) is 12.7. The zero-order chi connectivity index (χ0) is 17.2. The SMILES string of the molecule is O=S(=O)(c1ccc(Cl)s1)N1CC[NH+](C[C@H](O)c2ccccc2)CC1. The summed E-state index contributed by atoms with van der Waals surface area (Å²) >= 11 is 6.93. The summed E-state index contributed by atoms with van der Waals surface area (Å²) in [5, 5.41) is 10.3. The summed E-state index contributed by atoms with van der Waals surface area (Å²) in [7, 11) is -3.45. The van der Waals surface area contributed by atoms with Crippen molar-refractivity contribution in [1.82, 2.24) is 4.31 Å². The molecule has 2 heterocycles. The van der Waals surface area contributed by atoms with Crippen LogP contribution in [0.5, 0.6) is 0 Å². The van der Waals surface area contributed by atoms with Crippen LogP contribution in [-0.2, 0) is 10.0 Å². The Morgan fingerprint density at radius 3 is 2.42 bits per heavy atom. The van der Waals surface area contributed by atoms with Crippen LogP contribution in [0.2, 0.25) is 4.34 Å². The molecule has 1 aliphatic rings. The molecular formula is C16H20ClN2O3S2+. The van der Waals surface area contributed by atoms with Crippen LogP contribution in [0.3, 0.4) is 0 Å². The standard InChI is InChI=1S/C16H19ClN2O3S2/c17-15-6-7-16(23-15)24(21,22)19-10-8-18(9-11-19)12-14(20)13-4-2-1-3-5-13/h1-7,14,20H,8-12H2/p+1/t14-/m0/s1. The van der Waals surface area contributed by atoms with Gasteiger partial charge in [-0.25, -0.2) is 8.42 Å². The second kappa shape index (κ2) is 7.51. The van der Waals surface area contributed by atoms with E-state index in [0.717, 1.165) is 16.9 Å². The number of halogens is 1. The number of hydrogen-bond acceptors (Lipinski definition) is 4. The van der Waals surface area contributed by atoms with Crippen molar-refractivity contribution in [3.05, 3.63) is 52.4 Å². The Morgan fingerprint density at radius 1 is 1.17 bits per heavy atom. The summed E-state index contributed by atoms with van der Waals surface area (Å²) in [5.74, 6) is 0. The predicted octanol–water partition coefficient (Wildman–Crippen LogP) is 1.02. The van der Waals surface area contributed by atoms with E-state index in [1.807, 2.05) is 30.3 Å². The van der Waals surface area contributed by atoms with Crippen LogP contribution in [-0.4, -0.2) is 50.6 Å². The van der Waals surface area contributed by atoms with Gasteiger partial charge in [-0.2, -0.15) is 4.31 Å². The largest absolute Gasteiger partial charge is 0.382 e. The maximum absolute atomic E-state index is 12.6. The van der Waals surface area contributed by atoms with Gasteiger partial charge >= 0.3 is 0 Å². The molecule has 0 saturated carbocycles. The highest BCUT2D eigenvalue weighted by molar-refractivity contribution is 7.91. The number of benzene rings is 1. The highest BCUT2D eigenvalue weighted by Crippen LogP contribution is 2.28. The monoisotopic (exact) mass is 387 g/mol. The van der Waals surface area contributed by atoms with E-state index in [0.29, 0.717) is 41.3 Å². The molecule has 0 unspecified atom stereocenters. The number of nitrogens with one attached hydrogen (secondary N) is 1. The van der Waals surface area contributed by atoms with Crippen molar-refractivity contribution >= 4 is 33.0 Å². The molecule has 24 heavy (non-hydrogen) atoms. The lowest BCUT2D eigenvalue weighted by Gasteiger charge is -2.32. The molecular weight excluding hydrogens is 368 g/mol. The Balaban J connectivity index is 1.58. The fourth-order valence-electron chi connectivity index (χ4n) is 2.88. The van der Waals surface area contributed by atoms with Gasteiger partial charge in [0.25, 0.3) is 10.0 Å². The molecule has 1 atom stereocenters. The number of rotatable bonds is 5.